The van der Waals surface area contributed by atoms with E-state index in [9.17, 15) is 9.18 Å². The molecule has 2 rings (SSSR count). The Hall–Kier alpha value is -2.24. The number of halogens is 1. The molecule has 0 saturated carbocycles. The van der Waals surface area contributed by atoms with E-state index >= 15 is 0 Å². The molecule has 0 aliphatic carbocycles. The van der Waals surface area contributed by atoms with Gasteiger partial charge in [0.25, 0.3) is 0 Å². The maximum absolute atomic E-state index is 13.3. The van der Waals surface area contributed by atoms with Crippen LogP contribution >= 0.6 is 0 Å². The van der Waals surface area contributed by atoms with E-state index in [0.29, 0.717) is 12.4 Å². The molecule has 0 amide bonds. The molecule has 0 saturated heterocycles. The highest BCUT2D eigenvalue weighted by atomic mass is 19.1. The largest absolute Gasteiger partial charge is 0.396 e. The molecule has 0 fully saturated rings. The van der Waals surface area contributed by atoms with E-state index in [-0.39, 0.29) is 23.5 Å². The van der Waals surface area contributed by atoms with Crippen LogP contribution in [0.3, 0.4) is 0 Å². The predicted molar refractivity (Wildman–Crippen MR) is 69.2 cm³/mol. The van der Waals surface area contributed by atoms with Crippen molar-refractivity contribution in [3.63, 3.8) is 0 Å². The van der Waals surface area contributed by atoms with Crippen LogP contribution in [0, 0.1) is 5.82 Å². The Labute approximate surface area is 110 Å². The minimum Gasteiger partial charge on any atom is -0.396 e. The van der Waals surface area contributed by atoms with Gasteiger partial charge >= 0.3 is 0 Å². The highest BCUT2D eigenvalue weighted by molar-refractivity contribution is 5.97. The SMILES string of the molecule is CCCn1ncnc1CC(=O)c1ccc(N)c(F)c1. The first-order valence-corrected chi connectivity index (χ1v) is 6.06. The number of carbonyl (C=O) groups excluding carboxylic acids is 1. The second-order valence-electron chi connectivity index (χ2n) is 4.24. The van der Waals surface area contributed by atoms with E-state index in [1.165, 1.54) is 18.5 Å². The molecule has 1 aromatic carbocycles. The summed E-state index contributed by atoms with van der Waals surface area (Å²) in [5.74, 6) is -0.200. The van der Waals surface area contributed by atoms with E-state index in [4.69, 9.17) is 5.73 Å². The first-order valence-electron chi connectivity index (χ1n) is 6.06. The van der Waals surface area contributed by atoms with Gasteiger partial charge in [-0.3, -0.25) is 4.79 Å². The number of nitrogen functional groups attached to an aromatic ring is 1. The molecule has 0 unspecified atom stereocenters. The monoisotopic (exact) mass is 262 g/mol. The van der Waals surface area contributed by atoms with E-state index in [0.717, 1.165) is 12.5 Å². The second kappa shape index (κ2) is 5.60. The van der Waals surface area contributed by atoms with Crippen LogP contribution in [0.2, 0.25) is 0 Å². The fourth-order valence-electron chi connectivity index (χ4n) is 1.77. The predicted octanol–water partition coefficient (Wildman–Crippen LogP) is 1.83. The average molecular weight is 262 g/mol. The summed E-state index contributed by atoms with van der Waals surface area (Å²) in [5.41, 5.74) is 5.70. The number of nitrogens with two attached hydrogens (primary N) is 1. The average Bonchev–Trinajstić information content (AvgIpc) is 2.80. The van der Waals surface area contributed by atoms with Gasteiger partial charge in [-0.15, -0.1) is 0 Å². The van der Waals surface area contributed by atoms with Crippen molar-refractivity contribution in [2.75, 3.05) is 5.73 Å². The Balaban J connectivity index is 2.16. The zero-order valence-corrected chi connectivity index (χ0v) is 10.6. The van der Waals surface area contributed by atoms with Crippen LogP contribution in [0.5, 0.6) is 0 Å². The number of aromatic nitrogens is 3. The number of aryl methyl sites for hydroxylation is 1. The smallest absolute Gasteiger partial charge is 0.170 e. The molecule has 2 aromatic rings. The van der Waals surface area contributed by atoms with Crippen LogP contribution in [0.1, 0.15) is 29.5 Å². The zero-order chi connectivity index (χ0) is 13.8. The Kier molecular flexibility index (Phi) is 3.89. The van der Waals surface area contributed by atoms with E-state index < -0.39 is 5.82 Å². The molecule has 0 aliphatic heterocycles. The molecule has 1 heterocycles. The van der Waals surface area contributed by atoms with Crippen molar-refractivity contribution in [2.45, 2.75) is 26.3 Å². The summed E-state index contributed by atoms with van der Waals surface area (Å²) in [6, 6.07) is 4.05. The molecular formula is C13H15FN4O. The van der Waals surface area contributed by atoms with Crippen molar-refractivity contribution < 1.29 is 9.18 Å². The van der Waals surface area contributed by atoms with Crippen LogP contribution in [0.4, 0.5) is 10.1 Å². The summed E-state index contributed by atoms with van der Waals surface area (Å²) >= 11 is 0. The zero-order valence-electron chi connectivity index (χ0n) is 10.6. The molecule has 0 spiro atoms. The van der Waals surface area contributed by atoms with E-state index in [2.05, 4.69) is 10.1 Å². The summed E-state index contributed by atoms with van der Waals surface area (Å²) in [6.45, 7) is 2.72. The van der Waals surface area contributed by atoms with Gasteiger partial charge in [-0.05, 0) is 24.6 Å². The molecule has 19 heavy (non-hydrogen) atoms. The minimum atomic E-state index is -0.583. The molecule has 0 atom stereocenters. The number of benzene rings is 1. The highest BCUT2D eigenvalue weighted by Crippen LogP contribution is 2.13. The first kappa shape index (κ1) is 13.2. The van der Waals surface area contributed by atoms with Crippen molar-refractivity contribution in [1.82, 2.24) is 14.8 Å². The number of carbonyl (C=O) groups is 1. The van der Waals surface area contributed by atoms with Crippen molar-refractivity contribution in [1.29, 1.82) is 0 Å². The van der Waals surface area contributed by atoms with Gasteiger partial charge in [0, 0.05) is 12.1 Å². The lowest BCUT2D eigenvalue weighted by molar-refractivity contribution is 0.0989. The van der Waals surface area contributed by atoms with Gasteiger partial charge in [-0.2, -0.15) is 5.10 Å². The first-order chi connectivity index (χ1) is 9.11. The van der Waals surface area contributed by atoms with Crippen LogP contribution in [0.25, 0.3) is 0 Å². The Morgan fingerprint density at radius 2 is 2.26 bits per heavy atom. The van der Waals surface area contributed by atoms with Crippen LogP contribution in [0.15, 0.2) is 24.5 Å². The van der Waals surface area contributed by atoms with E-state index in [1.807, 2.05) is 6.92 Å². The second-order valence-corrected chi connectivity index (χ2v) is 4.24. The molecule has 6 heteroatoms. The topological polar surface area (TPSA) is 73.8 Å². The van der Waals surface area contributed by atoms with Gasteiger partial charge in [0.2, 0.25) is 0 Å². The lowest BCUT2D eigenvalue weighted by Gasteiger charge is -2.05. The summed E-state index contributed by atoms with van der Waals surface area (Å²) < 4.78 is 15.0. The van der Waals surface area contributed by atoms with Gasteiger partial charge < -0.3 is 5.73 Å². The number of hydrogen-bond donors (Lipinski definition) is 1. The van der Waals surface area contributed by atoms with Crippen molar-refractivity contribution >= 4 is 11.5 Å². The third kappa shape index (κ3) is 2.96. The number of hydrogen-bond acceptors (Lipinski definition) is 4. The minimum absolute atomic E-state index is 0.0331. The number of nitrogens with zero attached hydrogens (tertiary/aromatic N) is 3. The lowest BCUT2D eigenvalue weighted by Crippen LogP contribution is -2.12. The summed E-state index contributed by atoms with van der Waals surface area (Å²) in [7, 11) is 0. The highest BCUT2D eigenvalue weighted by Gasteiger charge is 2.13. The molecule has 0 aliphatic rings. The number of anilines is 1. The van der Waals surface area contributed by atoms with Gasteiger partial charge in [0.15, 0.2) is 5.78 Å². The Morgan fingerprint density at radius 3 is 2.95 bits per heavy atom. The van der Waals surface area contributed by atoms with Crippen molar-refractivity contribution in [3.8, 4) is 0 Å². The fraction of sp³-hybridized carbons (Fsp3) is 0.308. The molecule has 5 nitrogen and oxygen atoms in total. The summed E-state index contributed by atoms with van der Waals surface area (Å²) in [6.07, 6.45) is 2.42. The van der Waals surface area contributed by atoms with Gasteiger partial charge in [-0.25, -0.2) is 14.1 Å². The van der Waals surface area contributed by atoms with Crippen LogP contribution in [-0.2, 0) is 13.0 Å². The number of Topliss-reactive ketones (excluding diaryl/α,β-unsaturated/α-hetero) is 1. The van der Waals surface area contributed by atoms with Crippen LogP contribution in [-0.4, -0.2) is 20.5 Å². The van der Waals surface area contributed by atoms with Crippen LogP contribution < -0.4 is 5.73 Å². The molecule has 0 radical (unpaired) electrons. The molecular weight excluding hydrogens is 247 g/mol. The normalized spacial score (nSPS) is 10.6. The van der Waals surface area contributed by atoms with Gasteiger partial charge in [0.05, 0.1) is 12.1 Å². The van der Waals surface area contributed by atoms with Gasteiger partial charge in [0.1, 0.15) is 18.0 Å². The van der Waals surface area contributed by atoms with Gasteiger partial charge in [-0.1, -0.05) is 6.92 Å². The number of ketones is 1. The third-order valence-corrected chi connectivity index (χ3v) is 2.77. The quantitative estimate of drug-likeness (QED) is 0.659. The third-order valence-electron chi connectivity index (χ3n) is 2.77. The fourth-order valence-corrected chi connectivity index (χ4v) is 1.77. The summed E-state index contributed by atoms with van der Waals surface area (Å²) in [4.78, 5) is 16.1. The maximum atomic E-state index is 13.3. The molecule has 100 valence electrons. The standard InChI is InChI=1S/C13H15FN4O/c1-2-5-18-13(16-8-17-18)7-12(19)9-3-4-11(15)10(14)6-9/h3-4,6,8H,2,5,7,15H2,1H3. The number of rotatable bonds is 5. The molecule has 0 bridgehead atoms. The van der Waals surface area contributed by atoms with E-state index in [1.54, 1.807) is 4.68 Å². The summed E-state index contributed by atoms with van der Waals surface area (Å²) in [5, 5.41) is 4.04. The Morgan fingerprint density at radius 1 is 1.47 bits per heavy atom. The Bertz CT molecular complexity index is 594. The lowest BCUT2D eigenvalue weighted by atomic mass is 10.1. The van der Waals surface area contributed by atoms with Crippen molar-refractivity contribution in [3.05, 3.63) is 41.7 Å². The maximum Gasteiger partial charge on any atom is 0.170 e. The molecule has 2 N–H and O–H groups in total. The van der Waals surface area contributed by atoms with Crippen molar-refractivity contribution in [2.24, 2.45) is 0 Å². The molecule has 1 aromatic heterocycles.